The lowest BCUT2D eigenvalue weighted by Gasteiger charge is -2.28. The molecule has 0 aromatic heterocycles. The number of nitrogens with one attached hydrogen (secondary N) is 1. The lowest BCUT2D eigenvalue weighted by molar-refractivity contribution is 0.0941. The monoisotopic (exact) mass is 344 g/mol. The van der Waals surface area contributed by atoms with E-state index < -0.39 is 21.9 Å². The van der Waals surface area contributed by atoms with Crippen LogP contribution in [0.2, 0.25) is 0 Å². The highest BCUT2D eigenvalue weighted by atomic mass is 32.2. The number of aryl methyl sites for hydroxylation is 1. The van der Waals surface area contributed by atoms with Crippen molar-refractivity contribution in [2.24, 2.45) is 0 Å². The second kappa shape index (κ2) is 7.25. The predicted molar refractivity (Wildman–Crippen MR) is 87.2 cm³/mol. The largest absolute Gasteiger partial charge is 0.390 e. The molecule has 1 aliphatic heterocycles. The summed E-state index contributed by atoms with van der Waals surface area (Å²) in [5, 5.41) is 10.1. The molecule has 2 unspecified atom stereocenters. The molecule has 7 heteroatoms. The third kappa shape index (κ3) is 4.50. The van der Waals surface area contributed by atoms with Crippen LogP contribution < -0.4 is 4.72 Å². The number of hydrogen-bond acceptors (Lipinski definition) is 4. The molecule has 1 heterocycles. The summed E-state index contributed by atoms with van der Waals surface area (Å²) in [7, 11) is -3.84. The Morgan fingerprint density at radius 3 is 2.57 bits per heavy atom. The first-order valence-corrected chi connectivity index (χ1v) is 9.38. The van der Waals surface area contributed by atoms with E-state index in [1.165, 1.54) is 12.1 Å². The number of rotatable bonds is 6. The number of hydrogen-bond donors (Lipinski definition) is 2. The molecule has 2 rings (SSSR count). The second-order valence-electron chi connectivity index (χ2n) is 6.39. The maximum atomic E-state index is 13.3. The van der Waals surface area contributed by atoms with E-state index in [1.807, 2.05) is 0 Å². The van der Waals surface area contributed by atoms with E-state index in [0.29, 0.717) is 24.2 Å². The molecule has 0 spiro atoms. The maximum Gasteiger partial charge on any atom is 0.241 e. The molecule has 1 fully saturated rings. The van der Waals surface area contributed by atoms with Crippen LogP contribution in [0.15, 0.2) is 23.1 Å². The molecular weight excluding hydrogens is 319 g/mol. The Morgan fingerprint density at radius 2 is 1.96 bits per heavy atom. The van der Waals surface area contributed by atoms with E-state index in [2.05, 4.69) is 23.5 Å². The van der Waals surface area contributed by atoms with Crippen molar-refractivity contribution in [3.05, 3.63) is 29.6 Å². The van der Waals surface area contributed by atoms with Gasteiger partial charge in [0.25, 0.3) is 0 Å². The van der Waals surface area contributed by atoms with Gasteiger partial charge in [-0.25, -0.2) is 17.5 Å². The predicted octanol–water partition coefficient (Wildman–Crippen LogP) is 1.65. The van der Waals surface area contributed by atoms with Crippen LogP contribution in [0.3, 0.4) is 0 Å². The average Bonchev–Trinajstić information content (AvgIpc) is 2.79. The van der Waals surface area contributed by atoms with E-state index in [0.717, 1.165) is 18.9 Å². The molecule has 2 N–H and O–H groups in total. The maximum absolute atomic E-state index is 13.3. The van der Waals surface area contributed by atoms with Crippen molar-refractivity contribution in [3.63, 3.8) is 0 Å². The van der Waals surface area contributed by atoms with Crippen molar-refractivity contribution in [1.29, 1.82) is 0 Å². The lowest BCUT2D eigenvalue weighted by Crippen LogP contribution is -2.43. The highest BCUT2D eigenvalue weighted by molar-refractivity contribution is 7.89. The molecule has 130 valence electrons. The molecule has 1 aliphatic rings. The number of sulfonamides is 1. The summed E-state index contributed by atoms with van der Waals surface area (Å²) in [6, 6.07) is 4.42. The zero-order chi connectivity index (χ0) is 17.2. The highest BCUT2D eigenvalue weighted by Gasteiger charge is 2.29. The van der Waals surface area contributed by atoms with E-state index in [9.17, 15) is 17.9 Å². The Balaban J connectivity index is 1.97. The fraction of sp³-hybridized carbons (Fsp3) is 0.625. The van der Waals surface area contributed by atoms with Gasteiger partial charge in [-0.15, -0.1) is 0 Å². The molecule has 1 aromatic rings. The van der Waals surface area contributed by atoms with Crippen molar-refractivity contribution in [1.82, 2.24) is 9.62 Å². The summed E-state index contributed by atoms with van der Waals surface area (Å²) < 4.78 is 40.2. The van der Waals surface area contributed by atoms with E-state index in [4.69, 9.17) is 0 Å². The molecule has 0 amide bonds. The summed E-state index contributed by atoms with van der Waals surface area (Å²) >= 11 is 0. The van der Waals surface area contributed by atoms with E-state index in [1.54, 1.807) is 6.92 Å². The SMILES string of the molecule is Cc1ccc(F)cc1S(=O)(=O)NC[C@H](O)CN1C(C)CCC1C. The molecule has 0 aliphatic carbocycles. The van der Waals surface area contributed by atoms with Crippen molar-refractivity contribution < 1.29 is 17.9 Å². The first kappa shape index (κ1) is 18.3. The molecule has 1 saturated heterocycles. The summed E-state index contributed by atoms with van der Waals surface area (Å²) in [4.78, 5) is 2.10. The summed E-state index contributed by atoms with van der Waals surface area (Å²) in [6.45, 7) is 6.16. The first-order chi connectivity index (χ1) is 10.7. The Bertz CT molecular complexity index is 641. The van der Waals surface area contributed by atoms with Crippen molar-refractivity contribution >= 4 is 10.0 Å². The van der Waals surface area contributed by atoms with Crippen LogP contribution in [-0.2, 0) is 10.0 Å². The summed E-state index contributed by atoms with van der Waals surface area (Å²) in [6.07, 6.45) is 1.37. The zero-order valence-electron chi connectivity index (χ0n) is 13.8. The van der Waals surface area contributed by atoms with Gasteiger partial charge >= 0.3 is 0 Å². The molecule has 0 bridgehead atoms. The minimum atomic E-state index is -3.84. The van der Waals surface area contributed by atoms with Crippen molar-refractivity contribution in [2.75, 3.05) is 13.1 Å². The molecule has 23 heavy (non-hydrogen) atoms. The van der Waals surface area contributed by atoms with E-state index in [-0.39, 0.29) is 11.4 Å². The second-order valence-corrected chi connectivity index (χ2v) is 8.12. The molecule has 3 atom stereocenters. The molecule has 0 radical (unpaired) electrons. The summed E-state index contributed by atoms with van der Waals surface area (Å²) in [5.74, 6) is -0.601. The van der Waals surface area contributed by atoms with Crippen LogP contribution in [0, 0.1) is 12.7 Å². The van der Waals surface area contributed by atoms with Crippen LogP contribution in [0.5, 0.6) is 0 Å². The number of likely N-dealkylation sites (tertiary alicyclic amines) is 1. The number of nitrogens with zero attached hydrogens (tertiary/aromatic N) is 1. The fourth-order valence-corrected chi connectivity index (χ4v) is 4.39. The van der Waals surface area contributed by atoms with Gasteiger partial charge in [0.15, 0.2) is 0 Å². The minimum Gasteiger partial charge on any atom is -0.390 e. The first-order valence-electron chi connectivity index (χ1n) is 7.90. The van der Waals surface area contributed by atoms with Gasteiger partial charge in [0, 0.05) is 25.2 Å². The van der Waals surface area contributed by atoms with Gasteiger partial charge in [0.2, 0.25) is 10.0 Å². The molecule has 5 nitrogen and oxygen atoms in total. The van der Waals surface area contributed by atoms with Crippen molar-refractivity contribution in [3.8, 4) is 0 Å². The Labute approximate surface area is 137 Å². The molecule has 0 saturated carbocycles. The number of β-amino-alcohol motifs (C(OH)–C–C–N with tert-alkyl or cyclic N) is 1. The van der Waals surface area contributed by atoms with Gasteiger partial charge in [-0.05, 0) is 51.3 Å². The Hall–Kier alpha value is -1.02. The third-order valence-electron chi connectivity index (χ3n) is 4.50. The lowest BCUT2D eigenvalue weighted by atomic mass is 10.2. The number of benzene rings is 1. The van der Waals surface area contributed by atoms with Crippen LogP contribution in [-0.4, -0.2) is 49.7 Å². The van der Waals surface area contributed by atoms with Gasteiger partial charge in [-0.2, -0.15) is 0 Å². The number of aliphatic hydroxyl groups is 1. The van der Waals surface area contributed by atoms with Gasteiger partial charge < -0.3 is 5.11 Å². The van der Waals surface area contributed by atoms with Crippen molar-refractivity contribution in [2.45, 2.75) is 56.7 Å². The molecule has 1 aromatic carbocycles. The third-order valence-corrected chi connectivity index (χ3v) is 6.07. The van der Waals surface area contributed by atoms with Gasteiger partial charge in [0.05, 0.1) is 11.0 Å². The minimum absolute atomic E-state index is 0.0891. The smallest absolute Gasteiger partial charge is 0.241 e. The highest BCUT2D eigenvalue weighted by Crippen LogP contribution is 2.23. The zero-order valence-corrected chi connectivity index (χ0v) is 14.6. The van der Waals surface area contributed by atoms with Crippen LogP contribution in [0.4, 0.5) is 4.39 Å². The average molecular weight is 344 g/mol. The van der Waals surface area contributed by atoms with Gasteiger partial charge in [0.1, 0.15) is 5.82 Å². The van der Waals surface area contributed by atoms with Crippen LogP contribution in [0.1, 0.15) is 32.3 Å². The van der Waals surface area contributed by atoms with Crippen LogP contribution in [0.25, 0.3) is 0 Å². The van der Waals surface area contributed by atoms with Gasteiger partial charge in [-0.1, -0.05) is 6.07 Å². The number of aliphatic hydroxyl groups excluding tert-OH is 1. The van der Waals surface area contributed by atoms with Crippen LogP contribution >= 0.6 is 0 Å². The van der Waals surface area contributed by atoms with Gasteiger partial charge in [-0.3, -0.25) is 4.90 Å². The Morgan fingerprint density at radius 1 is 1.35 bits per heavy atom. The normalized spacial score (nSPS) is 24.0. The summed E-state index contributed by atoms with van der Waals surface area (Å²) in [5.41, 5.74) is 0.468. The quantitative estimate of drug-likeness (QED) is 0.823. The fourth-order valence-electron chi connectivity index (χ4n) is 3.06. The number of halogens is 1. The topological polar surface area (TPSA) is 69.6 Å². The van der Waals surface area contributed by atoms with E-state index >= 15 is 0 Å². The molecular formula is C16H25FN2O3S. The standard InChI is InChI=1S/C16H25FN2O3S/c1-11-4-7-14(17)8-16(11)23(21,22)18-9-15(20)10-19-12(2)5-6-13(19)3/h4,7-8,12-13,15,18,20H,5-6,9-10H2,1-3H3/t12?,13?,15-/m0/s1. The Kier molecular flexibility index (Phi) is 5.78.